The summed E-state index contributed by atoms with van der Waals surface area (Å²) in [6, 6.07) is 11.6. The van der Waals surface area contributed by atoms with Crippen LogP contribution in [0, 0.1) is 34.0 Å². The maximum absolute atomic E-state index is 11.4. The highest BCUT2D eigenvalue weighted by Gasteiger charge is 2.11. The van der Waals surface area contributed by atoms with Crippen LogP contribution in [-0.4, -0.2) is 13.0 Å². The summed E-state index contributed by atoms with van der Waals surface area (Å²) >= 11 is 0. The highest BCUT2D eigenvalue weighted by atomic mass is 16.2. The van der Waals surface area contributed by atoms with Crippen LogP contribution in [0.2, 0.25) is 0 Å². The summed E-state index contributed by atoms with van der Waals surface area (Å²) in [4.78, 5) is 12.8. The number of hydrogen-bond donors (Lipinski definition) is 0. The van der Waals surface area contributed by atoms with Gasteiger partial charge in [-0.25, -0.2) is 0 Å². The molecule has 0 aliphatic rings. The van der Waals surface area contributed by atoms with Crippen LogP contribution in [0.15, 0.2) is 42.5 Å². The van der Waals surface area contributed by atoms with Crippen LogP contribution < -0.4 is 4.90 Å². The predicted molar refractivity (Wildman–Crippen MR) is 73.8 cm³/mol. The molecule has 1 amide bonds. The fourth-order valence-corrected chi connectivity index (χ4v) is 1.52. The molecule has 0 aromatic heterocycles. The first-order valence-electron chi connectivity index (χ1n) is 5.54. The van der Waals surface area contributed by atoms with Crippen molar-refractivity contribution in [3.8, 4) is 18.2 Å². The largest absolute Gasteiger partial charge is 0.312 e. The van der Waals surface area contributed by atoms with E-state index >= 15 is 0 Å². The Hall–Kier alpha value is -3.36. The van der Waals surface area contributed by atoms with E-state index in [1.165, 1.54) is 11.0 Å². The molecule has 0 aliphatic carbocycles. The summed E-state index contributed by atoms with van der Waals surface area (Å²) in [7, 11) is 1.59. The zero-order valence-electron chi connectivity index (χ0n) is 10.8. The van der Waals surface area contributed by atoms with Crippen LogP contribution in [-0.2, 0) is 4.79 Å². The van der Waals surface area contributed by atoms with E-state index in [4.69, 9.17) is 15.8 Å². The lowest BCUT2D eigenvalue weighted by Crippen LogP contribution is -2.23. The molecular weight excluding hydrogens is 252 g/mol. The summed E-state index contributed by atoms with van der Waals surface area (Å²) in [6.45, 7) is 3.40. The van der Waals surface area contributed by atoms with Crippen molar-refractivity contribution in [2.24, 2.45) is 0 Å². The van der Waals surface area contributed by atoms with Gasteiger partial charge in [-0.3, -0.25) is 4.79 Å². The van der Waals surface area contributed by atoms with Crippen LogP contribution in [0.3, 0.4) is 0 Å². The third-order valence-corrected chi connectivity index (χ3v) is 2.63. The number of amides is 1. The maximum Gasteiger partial charge on any atom is 0.250 e. The van der Waals surface area contributed by atoms with Crippen molar-refractivity contribution in [2.45, 2.75) is 0 Å². The maximum atomic E-state index is 11.4. The number of carbonyl (C=O) groups excluding carboxylic acids is 1. The van der Waals surface area contributed by atoms with E-state index in [0.717, 1.165) is 0 Å². The predicted octanol–water partition coefficient (Wildman–Crippen LogP) is 2.16. The molecule has 0 spiro atoms. The standard InChI is InChI=1S/C15H10N4O/c1-3-15(20)19(2)13-6-4-11(5-7-13)14(10-18)12(8-16)9-17/h3-7H,1H2,2H3. The minimum absolute atomic E-state index is 0.0132. The summed E-state index contributed by atoms with van der Waals surface area (Å²) in [5.41, 5.74) is 0.843. The Morgan fingerprint density at radius 1 is 1.15 bits per heavy atom. The van der Waals surface area contributed by atoms with E-state index in [1.54, 1.807) is 43.5 Å². The van der Waals surface area contributed by atoms with E-state index in [9.17, 15) is 4.79 Å². The lowest BCUT2D eigenvalue weighted by atomic mass is 10.0. The summed E-state index contributed by atoms with van der Waals surface area (Å²) in [5.74, 6) is -0.261. The van der Waals surface area contributed by atoms with E-state index in [2.05, 4.69) is 6.58 Å². The van der Waals surface area contributed by atoms with Gasteiger partial charge in [0.1, 0.15) is 23.8 Å². The Kier molecular flexibility index (Phi) is 4.81. The Morgan fingerprint density at radius 3 is 2.10 bits per heavy atom. The number of nitriles is 3. The van der Waals surface area contributed by atoms with E-state index < -0.39 is 0 Å². The lowest BCUT2D eigenvalue weighted by Gasteiger charge is -2.15. The molecule has 1 aromatic carbocycles. The highest BCUT2D eigenvalue weighted by Crippen LogP contribution is 2.21. The zero-order valence-corrected chi connectivity index (χ0v) is 10.8. The van der Waals surface area contributed by atoms with Gasteiger partial charge in [-0.2, -0.15) is 15.8 Å². The highest BCUT2D eigenvalue weighted by molar-refractivity contribution is 6.00. The Bertz CT molecular complexity index is 677. The van der Waals surface area contributed by atoms with Gasteiger partial charge in [0.25, 0.3) is 0 Å². The normalized spacial score (nSPS) is 8.50. The Labute approximate surface area is 116 Å². The van der Waals surface area contributed by atoms with Gasteiger partial charge in [0.2, 0.25) is 5.91 Å². The second-order valence-corrected chi connectivity index (χ2v) is 3.73. The van der Waals surface area contributed by atoms with Crippen LogP contribution in [0.25, 0.3) is 5.57 Å². The number of likely N-dealkylation sites (N-methyl/N-ethyl adjacent to an activating group) is 1. The minimum Gasteiger partial charge on any atom is -0.312 e. The SMILES string of the molecule is C=CC(=O)N(C)c1ccc(C(C#N)=C(C#N)C#N)cc1. The summed E-state index contributed by atoms with van der Waals surface area (Å²) in [6.07, 6.45) is 1.19. The number of benzene rings is 1. The lowest BCUT2D eigenvalue weighted by molar-refractivity contribution is -0.113. The number of rotatable bonds is 3. The van der Waals surface area contributed by atoms with Crippen molar-refractivity contribution in [1.29, 1.82) is 15.8 Å². The van der Waals surface area contributed by atoms with Crippen molar-refractivity contribution in [3.63, 3.8) is 0 Å². The molecule has 1 rings (SSSR count). The van der Waals surface area contributed by atoms with Crippen LogP contribution in [0.5, 0.6) is 0 Å². The van der Waals surface area contributed by atoms with Crippen LogP contribution in [0.4, 0.5) is 5.69 Å². The topological polar surface area (TPSA) is 91.7 Å². The second-order valence-electron chi connectivity index (χ2n) is 3.73. The molecular formula is C15H10N4O. The Morgan fingerprint density at radius 2 is 1.70 bits per heavy atom. The first-order chi connectivity index (χ1) is 9.58. The summed E-state index contributed by atoms with van der Waals surface area (Å²) < 4.78 is 0. The van der Waals surface area contributed by atoms with Crippen molar-refractivity contribution in [1.82, 2.24) is 0 Å². The fraction of sp³-hybridized carbons (Fsp3) is 0.0667. The van der Waals surface area contributed by atoms with Crippen molar-refractivity contribution >= 4 is 17.2 Å². The van der Waals surface area contributed by atoms with Gasteiger partial charge < -0.3 is 4.90 Å². The molecule has 0 saturated heterocycles. The molecule has 5 heteroatoms. The number of allylic oxidation sites excluding steroid dienone is 2. The second kappa shape index (κ2) is 6.54. The van der Waals surface area contributed by atoms with Crippen molar-refractivity contribution in [2.75, 3.05) is 11.9 Å². The molecule has 1 aromatic rings. The molecule has 5 nitrogen and oxygen atoms in total. The third-order valence-electron chi connectivity index (χ3n) is 2.63. The van der Waals surface area contributed by atoms with Gasteiger partial charge in [-0.15, -0.1) is 0 Å². The smallest absolute Gasteiger partial charge is 0.250 e. The van der Waals surface area contributed by atoms with Crippen LogP contribution in [0.1, 0.15) is 5.56 Å². The monoisotopic (exact) mass is 262 g/mol. The van der Waals surface area contributed by atoms with Gasteiger partial charge in [0.15, 0.2) is 0 Å². The third kappa shape index (κ3) is 2.90. The summed E-state index contributed by atoms with van der Waals surface area (Å²) in [5, 5.41) is 26.6. The molecule has 0 heterocycles. The zero-order chi connectivity index (χ0) is 15.1. The van der Waals surface area contributed by atoms with E-state index in [-0.39, 0.29) is 17.1 Å². The first kappa shape index (κ1) is 14.7. The average Bonchev–Trinajstić information content (AvgIpc) is 2.51. The minimum atomic E-state index is -0.261. The van der Waals surface area contributed by atoms with Gasteiger partial charge in [0.05, 0.1) is 5.57 Å². The molecule has 96 valence electrons. The fourth-order valence-electron chi connectivity index (χ4n) is 1.52. The molecule has 0 unspecified atom stereocenters. The van der Waals surface area contributed by atoms with Gasteiger partial charge in [-0.05, 0) is 23.8 Å². The van der Waals surface area contributed by atoms with Gasteiger partial charge in [0, 0.05) is 12.7 Å². The van der Waals surface area contributed by atoms with Crippen LogP contribution >= 0.6 is 0 Å². The number of anilines is 1. The molecule has 0 radical (unpaired) electrons. The molecule has 0 bridgehead atoms. The molecule has 0 N–H and O–H groups in total. The van der Waals surface area contributed by atoms with E-state index in [1.807, 2.05) is 6.07 Å². The molecule has 0 aliphatic heterocycles. The molecule has 0 saturated carbocycles. The Balaban J connectivity index is 3.23. The van der Waals surface area contributed by atoms with Gasteiger partial charge >= 0.3 is 0 Å². The van der Waals surface area contributed by atoms with Crippen molar-refractivity contribution in [3.05, 3.63) is 48.1 Å². The number of hydrogen-bond acceptors (Lipinski definition) is 4. The van der Waals surface area contributed by atoms with Crippen molar-refractivity contribution < 1.29 is 4.79 Å². The first-order valence-corrected chi connectivity index (χ1v) is 5.54. The quantitative estimate of drug-likeness (QED) is 0.616. The number of nitrogens with zero attached hydrogens (tertiary/aromatic N) is 4. The molecule has 0 atom stereocenters. The number of carbonyl (C=O) groups is 1. The molecule has 20 heavy (non-hydrogen) atoms. The van der Waals surface area contributed by atoms with E-state index in [0.29, 0.717) is 11.3 Å². The van der Waals surface area contributed by atoms with Gasteiger partial charge in [-0.1, -0.05) is 18.7 Å². The average molecular weight is 262 g/mol. The molecule has 0 fully saturated rings.